The minimum Gasteiger partial charge on any atom is -0.449 e. The normalized spacial score (nSPS) is 21.8. The van der Waals surface area contributed by atoms with Crippen molar-refractivity contribution in [3.8, 4) is 0 Å². The molecule has 1 spiro atoms. The van der Waals surface area contributed by atoms with E-state index in [1.54, 1.807) is 20.8 Å². The molecule has 2 fully saturated rings. The lowest BCUT2D eigenvalue weighted by molar-refractivity contribution is -0.164. The number of rotatable bonds is 4. The van der Waals surface area contributed by atoms with Gasteiger partial charge in [0.15, 0.2) is 6.07 Å². The third-order valence-corrected chi connectivity index (χ3v) is 4.08. The Balaban J connectivity index is 1.89. The fourth-order valence-corrected chi connectivity index (χ4v) is 3.11. The van der Waals surface area contributed by atoms with E-state index in [0.717, 1.165) is 25.7 Å². The highest BCUT2D eigenvalue weighted by molar-refractivity contribution is 6.17. The van der Waals surface area contributed by atoms with E-state index in [-0.39, 0.29) is 18.6 Å². The van der Waals surface area contributed by atoms with E-state index in [9.17, 15) is 9.59 Å². The van der Waals surface area contributed by atoms with Gasteiger partial charge in [-0.15, -0.1) is 0 Å². The molecule has 2 saturated carbocycles. The Hall–Kier alpha value is -0.970. The van der Waals surface area contributed by atoms with E-state index in [0.29, 0.717) is 5.41 Å². The summed E-state index contributed by atoms with van der Waals surface area (Å²) in [5, 5.41) is 2.68. The van der Waals surface area contributed by atoms with Crippen LogP contribution in [0.25, 0.3) is 0 Å². The van der Waals surface area contributed by atoms with E-state index < -0.39 is 17.1 Å². The first kappa shape index (κ1) is 15.4. The maximum atomic E-state index is 12.1. The smallest absolute Gasteiger partial charge is 0.407 e. The number of carbonyl (C=O) groups excluding carboxylic acids is 2. The SMILES string of the molecule is CC(C)(C)OC(=O)NCC1(C(=O)OCCl)CC2(CC2)C1. The molecule has 6 heteroatoms. The second kappa shape index (κ2) is 5.10. The van der Waals surface area contributed by atoms with Crippen molar-refractivity contribution in [2.24, 2.45) is 10.8 Å². The maximum Gasteiger partial charge on any atom is 0.407 e. The summed E-state index contributed by atoms with van der Waals surface area (Å²) in [6.07, 6.45) is 3.36. The van der Waals surface area contributed by atoms with Gasteiger partial charge in [0.2, 0.25) is 0 Å². The molecule has 5 nitrogen and oxygen atoms in total. The van der Waals surface area contributed by atoms with Crippen molar-refractivity contribution >= 4 is 23.7 Å². The highest BCUT2D eigenvalue weighted by Gasteiger charge is 2.64. The molecular formula is C14H22ClNO4. The van der Waals surface area contributed by atoms with Crippen molar-refractivity contribution in [3.05, 3.63) is 0 Å². The van der Waals surface area contributed by atoms with Crippen molar-refractivity contribution in [2.75, 3.05) is 12.6 Å². The first-order chi connectivity index (χ1) is 9.20. The van der Waals surface area contributed by atoms with Gasteiger partial charge in [-0.25, -0.2) is 4.79 Å². The molecule has 1 N–H and O–H groups in total. The van der Waals surface area contributed by atoms with Gasteiger partial charge in [0.1, 0.15) is 5.60 Å². The Morgan fingerprint density at radius 2 is 1.85 bits per heavy atom. The number of esters is 1. The van der Waals surface area contributed by atoms with Gasteiger partial charge in [0, 0.05) is 6.54 Å². The summed E-state index contributed by atoms with van der Waals surface area (Å²) < 4.78 is 10.1. The largest absolute Gasteiger partial charge is 0.449 e. The Morgan fingerprint density at radius 3 is 2.30 bits per heavy atom. The molecule has 0 heterocycles. The monoisotopic (exact) mass is 303 g/mol. The average Bonchev–Trinajstić information content (AvgIpc) is 3.02. The zero-order chi connectivity index (χ0) is 15.0. The van der Waals surface area contributed by atoms with Gasteiger partial charge >= 0.3 is 12.1 Å². The zero-order valence-corrected chi connectivity index (χ0v) is 13.0. The molecule has 2 rings (SSSR count). The molecule has 0 unspecified atom stereocenters. The van der Waals surface area contributed by atoms with E-state index in [1.807, 2.05) is 0 Å². The number of halogens is 1. The number of hydrogen-bond donors (Lipinski definition) is 1. The number of alkyl carbamates (subject to hydrolysis) is 1. The average molecular weight is 304 g/mol. The number of ether oxygens (including phenoxy) is 2. The lowest BCUT2D eigenvalue weighted by Crippen LogP contribution is -2.53. The summed E-state index contributed by atoms with van der Waals surface area (Å²) in [6.45, 7) is 5.64. The number of nitrogens with one attached hydrogen (secondary N) is 1. The summed E-state index contributed by atoms with van der Waals surface area (Å²) >= 11 is 5.46. The molecule has 1 amide bonds. The molecular weight excluding hydrogens is 282 g/mol. The van der Waals surface area contributed by atoms with Crippen molar-refractivity contribution in [1.29, 1.82) is 0 Å². The second-order valence-electron chi connectivity index (χ2n) is 7.03. The summed E-state index contributed by atoms with van der Waals surface area (Å²) in [7, 11) is 0. The number of amides is 1. The maximum absolute atomic E-state index is 12.1. The van der Waals surface area contributed by atoms with Crippen molar-refractivity contribution in [3.63, 3.8) is 0 Å². The summed E-state index contributed by atoms with van der Waals surface area (Å²) in [5.74, 6) is -0.318. The minimum atomic E-state index is -0.623. The molecule has 0 bridgehead atoms. The molecule has 0 aromatic rings. The fourth-order valence-electron chi connectivity index (χ4n) is 3.01. The molecule has 114 valence electrons. The standard InChI is InChI=1S/C14H22ClNO4/c1-12(2,3)20-11(18)16-8-14(10(17)19-9-15)6-13(7-14)4-5-13/h4-9H2,1-3H3,(H,16,18). The summed E-state index contributed by atoms with van der Waals surface area (Å²) in [4.78, 5) is 23.8. The van der Waals surface area contributed by atoms with Gasteiger partial charge in [0.05, 0.1) is 5.41 Å². The van der Waals surface area contributed by atoms with Crippen molar-refractivity contribution in [1.82, 2.24) is 5.32 Å². The van der Waals surface area contributed by atoms with Crippen molar-refractivity contribution in [2.45, 2.75) is 52.1 Å². The Bertz CT molecular complexity index is 404. The molecule has 20 heavy (non-hydrogen) atoms. The van der Waals surface area contributed by atoms with Gasteiger partial charge < -0.3 is 14.8 Å². The molecule has 0 aromatic heterocycles. The molecule has 0 atom stereocenters. The lowest BCUT2D eigenvalue weighted by Gasteiger charge is -2.46. The zero-order valence-electron chi connectivity index (χ0n) is 12.3. The highest BCUT2D eigenvalue weighted by atomic mass is 35.5. The predicted molar refractivity (Wildman–Crippen MR) is 74.4 cm³/mol. The Morgan fingerprint density at radius 1 is 1.25 bits per heavy atom. The quantitative estimate of drug-likeness (QED) is 0.640. The van der Waals surface area contributed by atoms with E-state index >= 15 is 0 Å². The van der Waals surface area contributed by atoms with E-state index in [2.05, 4.69) is 5.32 Å². The Labute approximate surface area is 124 Å². The van der Waals surface area contributed by atoms with Gasteiger partial charge in [-0.2, -0.15) is 0 Å². The van der Waals surface area contributed by atoms with Gasteiger partial charge in [-0.3, -0.25) is 4.79 Å². The van der Waals surface area contributed by atoms with Crippen LogP contribution >= 0.6 is 11.6 Å². The van der Waals surface area contributed by atoms with Crippen molar-refractivity contribution < 1.29 is 19.1 Å². The number of hydrogen-bond acceptors (Lipinski definition) is 4. The number of carbonyl (C=O) groups is 2. The van der Waals surface area contributed by atoms with Gasteiger partial charge in [-0.05, 0) is 51.9 Å². The van der Waals surface area contributed by atoms with E-state index in [4.69, 9.17) is 21.1 Å². The van der Waals surface area contributed by atoms with Crippen LogP contribution in [-0.4, -0.2) is 30.3 Å². The van der Waals surface area contributed by atoms with E-state index in [1.165, 1.54) is 0 Å². The predicted octanol–water partition coefficient (Wildman–Crippen LogP) is 2.81. The fraction of sp³-hybridized carbons (Fsp3) is 0.857. The lowest BCUT2D eigenvalue weighted by atomic mass is 9.59. The first-order valence-electron chi connectivity index (χ1n) is 6.90. The van der Waals surface area contributed by atoms with Gasteiger partial charge in [-0.1, -0.05) is 11.6 Å². The van der Waals surface area contributed by atoms with Crippen LogP contribution in [0.15, 0.2) is 0 Å². The number of alkyl halides is 1. The van der Waals surface area contributed by atoms with Crippen LogP contribution in [0.4, 0.5) is 4.79 Å². The molecule has 2 aliphatic carbocycles. The molecule has 0 saturated heterocycles. The third-order valence-electron chi connectivity index (χ3n) is 3.97. The highest BCUT2D eigenvalue weighted by Crippen LogP contribution is 2.68. The molecule has 0 aromatic carbocycles. The van der Waals surface area contributed by atoms with Crippen LogP contribution in [0.3, 0.4) is 0 Å². The van der Waals surface area contributed by atoms with Gasteiger partial charge in [0.25, 0.3) is 0 Å². The molecule has 0 aliphatic heterocycles. The topological polar surface area (TPSA) is 64.6 Å². The first-order valence-corrected chi connectivity index (χ1v) is 7.44. The molecule has 0 radical (unpaired) electrons. The Kier molecular flexibility index (Phi) is 3.93. The minimum absolute atomic E-state index is 0.153. The third kappa shape index (κ3) is 3.37. The van der Waals surface area contributed by atoms with Crippen LogP contribution in [0.2, 0.25) is 0 Å². The second-order valence-corrected chi connectivity index (χ2v) is 7.25. The van der Waals surface area contributed by atoms with Crippen LogP contribution in [0.1, 0.15) is 46.5 Å². The van der Waals surface area contributed by atoms with Crippen LogP contribution in [0.5, 0.6) is 0 Å². The summed E-state index contributed by atoms with van der Waals surface area (Å²) in [5.41, 5.74) is -0.853. The molecule has 2 aliphatic rings. The van der Waals surface area contributed by atoms with Crippen LogP contribution in [0, 0.1) is 10.8 Å². The van der Waals surface area contributed by atoms with Crippen LogP contribution < -0.4 is 5.32 Å². The van der Waals surface area contributed by atoms with Crippen LogP contribution in [-0.2, 0) is 14.3 Å². The summed E-state index contributed by atoms with van der Waals surface area (Å²) in [6, 6.07) is -0.153.